The van der Waals surface area contributed by atoms with E-state index in [9.17, 15) is 14.4 Å². The SMILES string of the molecule is COC(=O)CCCCCCCCCCC(C(=O)OC)C(=O)OC. The Balaban J connectivity index is 3.58. The van der Waals surface area contributed by atoms with Gasteiger partial charge in [0.2, 0.25) is 0 Å². The van der Waals surface area contributed by atoms with Crippen molar-refractivity contribution in [1.29, 1.82) is 0 Å². The van der Waals surface area contributed by atoms with E-state index in [0.717, 1.165) is 51.4 Å². The lowest BCUT2D eigenvalue weighted by Crippen LogP contribution is -2.26. The molecule has 23 heavy (non-hydrogen) atoms. The summed E-state index contributed by atoms with van der Waals surface area (Å²) in [5, 5.41) is 0. The van der Waals surface area contributed by atoms with Crippen molar-refractivity contribution in [3.63, 3.8) is 0 Å². The number of unbranched alkanes of at least 4 members (excludes halogenated alkanes) is 7. The standard InChI is InChI=1S/C17H30O6/c1-21-15(18)13-11-9-7-5-4-6-8-10-12-14(16(19)22-2)17(20)23-3/h14H,4-13H2,1-3H3. The highest BCUT2D eigenvalue weighted by Gasteiger charge is 2.27. The van der Waals surface area contributed by atoms with Crippen molar-refractivity contribution in [3.05, 3.63) is 0 Å². The fraction of sp³-hybridized carbons (Fsp3) is 0.824. The Morgan fingerprint density at radius 2 is 1.09 bits per heavy atom. The maximum Gasteiger partial charge on any atom is 0.320 e. The van der Waals surface area contributed by atoms with E-state index in [4.69, 9.17) is 0 Å². The summed E-state index contributed by atoms with van der Waals surface area (Å²) in [6, 6.07) is 0. The number of carbonyl (C=O) groups is 3. The third-order valence-electron chi connectivity index (χ3n) is 3.82. The summed E-state index contributed by atoms with van der Waals surface area (Å²) in [5.41, 5.74) is 0. The van der Waals surface area contributed by atoms with E-state index in [1.54, 1.807) is 0 Å². The van der Waals surface area contributed by atoms with E-state index in [1.807, 2.05) is 0 Å². The Morgan fingerprint density at radius 1 is 0.652 bits per heavy atom. The molecule has 0 saturated heterocycles. The van der Waals surface area contributed by atoms with E-state index in [-0.39, 0.29) is 5.97 Å². The molecule has 0 fully saturated rings. The Kier molecular flexibility index (Phi) is 13.1. The molecule has 0 aliphatic heterocycles. The normalized spacial score (nSPS) is 10.4. The number of methoxy groups -OCH3 is 3. The van der Waals surface area contributed by atoms with Crippen LogP contribution in [0.1, 0.15) is 64.2 Å². The van der Waals surface area contributed by atoms with Gasteiger partial charge in [-0.15, -0.1) is 0 Å². The monoisotopic (exact) mass is 330 g/mol. The summed E-state index contributed by atoms with van der Waals surface area (Å²) >= 11 is 0. The zero-order chi connectivity index (χ0) is 17.5. The van der Waals surface area contributed by atoms with Crippen molar-refractivity contribution < 1.29 is 28.6 Å². The van der Waals surface area contributed by atoms with Crippen molar-refractivity contribution in [2.45, 2.75) is 64.2 Å². The van der Waals surface area contributed by atoms with E-state index in [2.05, 4.69) is 14.2 Å². The Morgan fingerprint density at radius 3 is 1.52 bits per heavy atom. The van der Waals surface area contributed by atoms with Gasteiger partial charge in [0.1, 0.15) is 0 Å². The first-order valence-corrected chi connectivity index (χ1v) is 8.29. The van der Waals surface area contributed by atoms with Crippen LogP contribution in [0.2, 0.25) is 0 Å². The topological polar surface area (TPSA) is 78.9 Å². The van der Waals surface area contributed by atoms with E-state index in [1.165, 1.54) is 21.3 Å². The van der Waals surface area contributed by atoms with Crippen LogP contribution < -0.4 is 0 Å². The molecule has 134 valence electrons. The van der Waals surface area contributed by atoms with Crippen LogP contribution in [0.15, 0.2) is 0 Å². The minimum absolute atomic E-state index is 0.143. The molecule has 6 heteroatoms. The Labute approximate surface area is 138 Å². The molecule has 0 saturated carbocycles. The van der Waals surface area contributed by atoms with Crippen LogP contribution >= 0.6 is 0 Å². The van der Waals surface area contributed by atoms with Crippen molar-refractivity contribution in [1.82, 2.24) is 0 Å². The second-order valence-corrected chi connectivity index (χ2v) is 5.54. The number of carbonyl (C=O) groups excluding carboxylic acids is 3. The highest BCUT2D eigenvalue weighted by molar-refractivity contribution is 5.94. The number of esters is 3. The van der Waals surface area contributed by atoms with Gasteiger partial charge < -0.3 is 14.2 Å². The second-order valence-electron chi connectivity index (χ2n) is 5.54. The van der Waals surface area contributed by atoms with Crippen molar-refractivity contribution in [2.24, 2.45) is 5.92 Å². The van der Waals surface area contributed by atoms with Gasteiger partial charge in [-0.2, -0.15) is 0 Å². The first-order chi connectivity index (χ1) is 11.1. The molecule has 0 heterocycles. The summed E-state index contributed by atoms with van der Waals surface area (Å²) < 4.78 is 13.8. The predicted molar refractivity (Wildman–Crippen MR) is 85.7 cm³/mol. The van der Waals surface area contributed by atoms with Gasteiger partial charge in [-0.05, 0) is 12.8 Å². The number of hydrogen-bond acceptors (Lipinski definition) is 6. The van der Waals surface area contributed by atoms with Crippen molar-refractivity contribution in [3.8, 4) is 0 Å². The van der Waals surface area contributed by atoms with Gasteiger partial charge in [-0.25, -0.2) is 0 Å². The molecule has 0 aromatic heterocycles. The highest BCUT2D eigenvalue weighted by Crippen LogP contribution is 2.16. The molecular formula is C17H30O6. The summed E-state index contributed by atoms with van der Waals surface area (Å²) in [6.45, 7) is 0. The van der Waals surface area contributed by atoms with Gasteiger partial charge in [0.05, 0.1) is 21.3 Å². The van der Waals surface area contributed by atoms with Gasteiger partial charge in [0.15, 0.2) is 5.92 Å². The summed E-state index contributed by atoms with van der Waals surface area (Å²) in [4.78, 5) is 33.9. The lowest BCUT2D eigenvalue weighted by Gasteiger charge is -2.11. The maximum atomic E-state index is 11.5. The Hall–Kier alpha value is -1.59. The molecule has 0 amide bonds. The molecule has 0 bridgehead atoms. The fourth-order valence-corrected chi connectivity index (χ4v) is 2.40. The highest BCUT2D eigenvalue weighted by atomic mass is 16.5. The number of ether oxygens (including phenoxy) is 3. The van der Waals surface area contributed by atoms with E-state index >= 15 is 0 Å². The summed E-state index contributed by atoms with van der Waals surface area (Å²) in [7, 11) is 3.96. The Bertz CT molecular complexity index is 337. The molecule has 0 aliphatic carbocycles. The third kappa shape index (κ3) is 10.7. The molecule has 6 nitrogen and oxygen atoms in total. The molecule has 0 rings (SSSR count). The van der Waals surface area contributed by atoms with Gasteiger partial charge in [0.25, 0.3) is 0 Å². The first kappa shape index (κ1) is 21.4. The largest absolute Gasteiger partial charge is 0.469 e. The molecule has 0 aromatic carbocycles. The van der Waals surface area contributed by atoms with Gasteiger partial charge >= 0.3 is 17.9 Å². The van der Waals surface area contributed by atoms with Gasteiger partial charge in [-0.3, -0.25) is 14.4 Å². The average molecular weight is 330 g/mol. The number of rotatable bonds is 13. The zero-order valence-electron chi connectivity index (χ0n) is 14.6. The van der Waals surface area contributed by atoms with Crippen LogP contribution in [0, 0.1) is 5.92 Å². The third-order valence-corrected chi connectivity index (χ3v) is 3.82. The average Bonchev–Trinajstić information content (AvgIpc) is 2.58. The maximum absolute atomic E-state index is 11.5. The van der Waals surface area contributed by atoms with E-state index < -0.39 is 17.9 Å². The molecular weight excluding hydrogens is 300 g/mol. The summed E-state index contributed by atoms with van der Waals surface area (Å²) in [5.74, 6) is -2.00. The van der Waals surface area contributed by atoms with Gasteiger partial charge in [-0.1, -0.05) is 44.9 Å². The molecule has 0 N–H and O–H groups in total. The fourth-order valence-electron chi connectivity index (χ4n) is 2.40. The van der Waals surface area contributed by atoms with Gasteiger partial charge in [0, 0.05) is 6.42 Å². The quantitative estimate of drug-likeness (QED) is 0.223. The van der Waals surface area contributed by atoms with Crippen molar-refractivity contribution in [2.75, 3.05) is 21.3 Å². The predicted octanol–water partition coefficient (Wildman–Crippen LogP) is 3.02. The number of hydrogen-bond donors (Lipinski definition) is 0. The first-order valence-electron chi connectivity index (χ1n) is 8.29. The van der Waals surface area contributed by atoms with Crippen LogP contribution in [0.3, 0.4) is 0 Å². The van der Waals surface area contributed by atoms with Crippen LogP contribution in [0.4, 0.5) is 0 Å². The lowest BCUT2D eigenvalue weighted by molar-refractivity contribution is -0.159. The summed E-state index contributed by atoms with van der Waals surface area (Å²) in [6.07, 6.45) is 9.13. The molecule has 0 radical (unpaired) electrons. The second kappa shape index (κ2) is 14.0. The minimum atomic E-state index is -0.802. The van der Waals surface area contributed by atoms with Crippen LogP contribution in [0.25, 0.3) is 0 Å². The zero-order valence-corrected chi connectivity index (χ0v) is 14.6. The van der Waals surface area contributed by atoms with E-state index in [0.29, 0.717) is 12.8 Å². The smallest absolute Gasteiger partial charge is 0.320 e. The minimum Gasteiger partial charge on any atom is -0.469 e. The van der Waals surface area contributed by atoms with Crippen LogP contribution in [-0.2, 0) is 28.6 Å². The lowest BCUT2D eigenvalue weighted by atomic mass is 10.00. The molecule has 0 aliphatic rings. The molecule has 0 unspecified atom stereocenters. The molecule has 0 aromatic rings. The molecule has 0 atom stereocenters. The van der Waals surface area contributed by atoms with Crippen LogP contribution in [-0.4, -0.2) is 39.2 Å². The van der Waals surface area contributed by atoms with Crippen LogP contribution in [0.5, 0.6) is 0 Å². The van der Waals surface area contributed by atoms with Crippen molar-refractivity contribution >= 4 is 17.9 Å². The molecule has 0 spiro atoms.